The number of para-hydroxylation sites is 1. The van der Waals surface area contributed by atoms with Crippen molar-refractivity contribution in [2.75, 3.05) is 35.8 Å². The second-order valence-corrected chi connectivity index (χ2v) is 11.2. The maximum atomic E-state index is 14.0. The van der Waals surface area contributed by atoms with Gasteiger partial charge < -0.3 is 9.80 Å². The Labute approximate surface area is 211 Å². The summed E-state index contributed by atoms with van der Waals surface area (Å²) in [6.45, 7) is 3.50. The highest BCUT2D eigenvalue weighted by molar-refractivity contribution is 7.92. The number of hydrogen-bond acceptors (Lipinski definition) is 6. The first-order valence-electron chi connectivity index (χ1n) is 11.2. The molecule has 2 heterocycles. The van der Waals surface area contributed by atoms with Crippen LogP contribution in [-0.2, 0) is 10.0 Å². The molecule has 1 saturated heterocycles. The highest BCUT2D eigenvalue weighted by Crippen LogP contribution is 2.32. The summed E-state index contributed by atoms with van der Waals surface area (Å²) in [5.41, 5.74) is 1.52. The molecule has 0 saturated carbocycles. The lowest BCUT2D eigenvalue weighted by Gasteiger charge is -2.34. The predicted molar refractivity (Wildman–Crippen MR) is 136 cm³/mol. The molecule has 1 aliphatic heterocycles. The molecule has 1 aromatic heterocycles. The van der Waals surface area contributed by atoms with Gasteiger partial charge in [0.25, 0.3) is 15.9 Å². The Morgan fingerprint density at radius 2 is 1.69 bits per heavy atom. The van der Waals surface area contributed by atoms with Gasteiger partial charge in [0.05, 0.1) is 20.8 Å². The topological polar surface area (TPSA) is 82.6 Å². The Morgan fingerprint density at radius 3 is 2.42 bits per heavy atom. The molecule has 3 aromatic carbocycles. The number of anilines is 2. The number of aryl methyl sites for hydroxylation is 1. The van der Waals surface area contributed by atoms with E-state index in [-0.39, 0.29) is 27.6 Å². The van der Waals surface area contributed by atoms with Crippen LogP contribution < -0.4 is 9.62 Å². The Hall–Kier alpha value is -3.57. The van der Waals surface area contributed by atoms with Crippen LogP contribution in [-0.4, -0.2) is 50.4 Å². The molecule has 11 heteroatoms. The van der Waals surface area contributed by atoms with Crippen molar-refractivity contribution in [3.8, 4) is 0 Å². The number of halogens is 2. The summed E-state index contributed by atoms with van der Waals surface area (Å²) < 4.78 is 56.3. The zero-order chi connectivity index (χ0) is 25.4. The van der Waals surface area contributed by atoms with Crippen LogP contribution in [0.2, 0.25) is 0 Å². The molecule has 4 aromatic rings. The summed E-state index contributed by atoms with van der Waals surface area (Å²) in [6, 6.07) is 15.0. The van der Waals surface area contributed by atoms with Gasteiger partial charge in [-0.3, -0.25) is 9.52 Å². The number of thiazole rings is 1. The SMILES string of the molecule is Cc1ccc(S(=O)(=O)Nc2ccccc2C(=O)N2CCN(c3nc4c(F)cc(F)cc4s3)CC2)cc1. The average molecular weight is 529 g/mol. The van der Waals surface area contributed by atoms with Crippen molar-refractivity contribution in [1.29, 1.82) is 0 Å². The van der Waals surface area contributed by atoms with Crippen molar-refractivity contribution in [3.63, 3.8) is 0 Å². The number of nitrogens with zero attached hydrogens (tertiary/aromatic N) is 3. The minimum atomic E-state index is -3.87. The maximum Gasteiger partial charge on any atom is 0.261 e. The van der Waals surface area contributed by atoms with E-state index in [9.17, 15) is 22.0 Å². The second kappa shape index (κ2) is 9.47. The first-order chi connectivity index (χ1) is 17.2. The molecule has 5 rings (SSSR count). The third-order valence-electron chi connectivity index (χ3n) is 5.97. The van der Waals surface area contributed by atoms with E-state index in [4.69, 9.17) is 0 Å². The zero-order valence-electron chi connectivity index (χ0n) is 19.2. The van der Waals surface area contributed by atoms with Gasteiger partial charge in [0.15, 0.2) is 10.9 Å². The summed E-state index contributed by atoms with van der Waals surface area (Å²) in [7, 11) is -3.87. The molecule has 186 valence electrons. The molecule has 1 amide bonds. The molecule has 1 aliphatic rings. The summed E-state index contributed by atoms with van der Waals surface area (Å²) in [6.07, 6.45) is 0. The highest BCUT2D eigenvalue weighted by atomic mass is 32.2. The van der Waals surface area contributed by atoms with Crippen LogP contribution in [0.25, 0.3) is 10.2 Å². The molecule has 36 heavy (non-hydrogen) atoms. The van der Waals surface area contributed by atoms with Gasteiger partial charge in [-0.05, 0) is 37.3 Å². The standard InChI is InChI=1S/C25H22F2N4O3S2/c1-16-6-8-18(9-7-16)36(33,34)29-21-5-3-2-4-19(21)24(32)30-10-12-31(13-11-30)25-28-23-20(27)14-17(26)15-22(23)35-25/h2-9,14-15,29H,10-13H2,1H3. The molecule has 0 aliphatic carbocycles. The van der Waals surface area contributed by atoms with Crippen LogP contribution in [0.15, 0.2) is 65.6 Å². The minimum Gasteiger partial charge on any atom is -0.345 e. The van der Waals surface area contributed by atoms with Gasteiger partial charge in [0, 0.05) is 32.2 Å². The number of rotatable bonds is 5. The van der Waals surface area contributed by atoms with Crippen molar-refractivity contribution < 1.29 is 22.0 Å². The first-order valence-corrected chi connectivity index (χ1v) is 13.5. The van der Waals surface area contributed by atoms with E-state index in [1.807, 2.05) is 11.8 Å². The van der Waals surface area contributed by atoms with Crippen LogP contribution in [0.5, 0.6) is 0 Å². The zero-order valence-corrected chi connectivity index (χ0v) is 20.9. The van der Waals surface area contributed by atoms with Crippen LogP contribution in [0.4, 0.5) is 19.6 Å². The molecule has 1 fully saturated rings. The molecular formula is C25H22F2N4O3S2. The number of carbonyl (C=O) groups is 1. The third kappa shape index (κ3) is 4.76. The van der Waals surface area contributed by atoms with E-state index >= 15 is 0 Å². The van der Waals surface area contributed by atoms with Crippen molar-refractivity contribution in [1.82, 2.24) is 9.88 Å². The predicted octanol–water partition coefficient (Wildman–Crippen LogP) is 4.65. The Morgan fingerprint density at radius 1 is 1.00 bits per heavy atom. The second-order valence-electron chi connectivity index (χ2n) is 8.47. The summed E-state index contributed by atoms with van der Waals surface area (Å²) in [5.74, 6) is -1.65. The normalized spacial score (nSPS) is 14.3. The fraction of sp³-hybridized carbons (Fsp3) is 0.200. The van der Waals surface area contributed by atoms with Gasteiger partial charge in [0.1, 0.15) is 11.3 Å². The fourth-order valence-electron chi connectivity index (χ4n) is 4.03. The minimum absolute atomic E-state index is 0.108. The Balaban J connectivity index is 1.31. The van der Waals surface area contributed by atoms with E-state index in [0.29, 0.717) is 36.0 Å². The monoisotopic (exact) mass is 528 g/mol. The van der Waals surface area contributed by atoms with Gasteiger partial charge in [-0.15, -0.1) is 0 Å². The van der Waals surface area contributed by atoms with Crippen LogP contribution in [0.3, 0.4) is 0 Å². The van der Waals surface area contributed by atoms with Gasteiger partial charge in [-0.1, -0.05) is 41.2 Å². The van der Waals surface area contributed by atoms with E-state index < -0.39 is 21.7 Å². The number of fused-ring (bicyclic) bond motifs is 1. The van der Waals surface area contributed by atoms with Gasteiger partial charge >= 0.3 is 0 Å². The number of sulfonamides is 1. The van der Waals surface area contributed by atoms with Crippen LogP contribution in [0.1, 0.15) is 15.9 Å². The van der Waals surface area contributed by atoms with E-state index in [0.717, 1.165) is 11.6 Å². The lowest BCUT2D eigenvalue weighted by molar-refractivity contribution is 0.0748. The highest BCUT2D eigenvalue weighted by Gasteiger charge is 2.27. The number of benzene rings is 3. The van der Waals surface area contributed by atoms with Gasteiger partial charge in [0.2, 0.25) is 0 Å². The lowest BCUT2D eigenvalue weighted by Crippen LogP contribution is -2.48. The number of hydrogen-bond donors (Lipinski definition) is 1. The number of piperazine rings is 1. The quantitative estimate of drug-likeness (QED) is 0.408. The summed E-state index contributed by atoms with van der Waals surface area (Å²) >= 11 is 1.20. The van der Waals surface area contributed by atoms with Gasteiger partial charge in [-0.25, -0.2) is 22.2 Å². The lowest BCUT2D eigenvalue weighted by atomic mass is 10.1. The van der Waals surface area contributed by atoms with Gasteiger partial charge in [-0.2, -0.15) is 0 Å². The molecule has 0 unspecified atom stereocenters. The van der Waals surface area contributed by atoms with E-state index in [1.54, 1.807) is 41.3 Å². The average Bonchev–Trinajstić information content (AvgIpc) is 3.29. The molecule has 0 radical (unpaired) electrons. The molecule has 0 atom stereocenters. The van der Waals surface area contributed by atoms with E-state index in [2.05, 4.69) is 9.71 Å². The Kier molecular flexibility index (Phi) is 6.35. The Bertz CT molecular complexity index is 1550. The molecule has 7 nitrogen and oxygen atoms in total. The number of aromatic nitrogens is 1. The molecular weight excluding hydrogens is 506 g/mol. The van der Waals surface area contributed by atoms with Crippen molar-refractivity contribution in [2.24, 2.45) is 0 Å². The molecule has 0 spiro atoms. The van der Waals surface area contributed by atoms with E-state index in [1.165, 1.54) is 29.5 Å². The van der Waals surface area contributed by atoms with Crippen molar-refractivity contribution >= 4 is 48.3 Å². The van der Waals surface area contributed by atoms with Crippen molar-refractivity contribution in [2.45, 2.75) is 11.8 Å². The first kappa shape index (κ1) is 24.1. The largest absolute Gasteiger partial charge is 0.345 e. The van der Waals surface area contributed by atoms with Crippen LogP contribution in [0, 0.1) is 18.6 Å². The fourth-order valence-corrected chi connectivity index (χ4v) is 6.17. The number of amides is 1. The number of carbonyl (C=O) groups excluding carboxylic acids is 1. The maximum absolute atomic E-state index is 14.0. The third-order valence-corrected chi connectivity index (χ3v) is 8.42. The van der Waals surface area contributed by atoms with Crippen molar-refractivity contribution in [3.05, 3.63) is 83.4 Å². The summed E-state index contributed by atoms with van der Waals surface area (Å²) in [5, 5.41) is 0.563. The number of nitrogens with one attached hydrogen (secondary N) is 1. The molecule has 1 N–H and O–H groups in total. The molecule has 0 bridgehead atoms. The smallest absolute Gasteiger partial charge is 0.261 e. The van der Waals surface area contributed by atoms with Crippen LogP contribution >= 0.6 is 11.3 Å². The summed E-state index contributed by atoms with van der Waals surface area (Å²) in [4.78, 5) is 21.3.